The highest BCUT2D eigenvalue weighted by atomic mass is 19.1. The number of methoxy groups -OCH3 is 1. The van der Waals surface area contributed by atoms with Gasteiger partial charge in [0.15, 0.2) is 0 Å². The van der Waals surface area contributed by atoms with Crippen molar-refractivity contribution in [3.8, 4) is 5.75 Å². The highest BCUT2D eigenvalue weighted by Crippen LogP contribution is 2.28. The van der Waals surface area contributed by atoms with Crippen LogP contribution >= 0.6 is 0 Å². The summed E-state index contributed by atoms with van der Waals surface area (Å²) in [7, 11) is 1.53. The van der Waals surface area contributed by atoms with E-state index in [1.54, 1.807) is 6.07 Å². The number of hydrogen-bond donors (Lipinski definition) is 2. The van der Waals surface area contributed by atoms with Crippen molar-refractivity contribution in [2.24, 2.45) is 11.7 Å². The molecule has 2 rings (SSSR count). The lowest BCUT2D eigenvalue weighted by Crippen LogP contribution is -2.33. The standard InChI is InChI=1S/C16H23FN2O2/c1-10(13-9-12(17)6-7-15(13)21-2)19-16(20)8-11-4-3-5-14(11)18/h6-7,9-11,14H,3-5,8,18H2,1-2H3,(H,19,20)/t10?,11-,14+/m0/s1. The van der Waals surface area contributed by atoms with Gasteiger partial charge in [0.05, 0.1) is 13.2 Å². The average molecular weight is 294 g/mol. The molecule has 1 unspecified atom stereocenters. The van der Waals surface area contributed by atoms with Crippen LogP contribution in [0.2, 0.25) is 0 Å². The number of halogens is 1. The summed E-state index contributed by atoms with van der Waals surface area (Å²) in [6.07, 6.45) is 3.52. The van der Waals surface area contributed by atoms with Crippen LogP contribution in [0.4, 0.5) is 4.39 Å². The Hall–Kier alpha value is -1.62. The minimum atomic E-state index is -0.343. The number of hydrogen-bond acceptors (Lipinski definition) is 3. The molecule has 1 aliphatic carbocycles. The quantitative estimate of drug-likeness (QED) is 0.877. The van der Waals surface area contributed by atoms with Crippen molar-refractivity contribution in [1.82, 2.24) is 5.32 Å². The van der Waals surface area contributed by atoms with Gasteiger partial charge in [-0.2, -0.15) is 0 Å². The predicted molar refractivity (Wildman–Crippen MR) is 79.4 cm³/mol. The predicted octanol–water partition coefficient (Wildman–Crippen LogP) is 2.53. The van der Waals surface area contributed by atoms with Gasteiger partial charge in [0, 0.05) is 18.0 Å². The number of carbonyl (C=O) groups excluding carboxylic acids is 1. The molecule has 0 heterocycles. The number of nitrogens with two attached hydrogens (primary N) is 1. The molecule has 1 amide bonds. The number of rotatable bonds is 5. The Morgan fingerprint density at radius 2 is 2.29 bits per heavy atom. The van der Waals surface area contributed by atoms with Crippen molar-refractivity contribution in [3.63, 3.8) is 0 Å². The summed E-state index contributed by atoms with van der Waals surface area (Å²) < 4.78 is 18.6. The molecule has 4 nitrogen and oxygen atoms in total. The van der Waals surface area contributed by atoms with E-state index in [1.807, 2.05) is 6.92 Å². The molecule has 0 radical (unpaired) electrons. The van der Waals surface area contributed by atoms with Gasteiger partial charge < -0.3 is 15.8 Å². The zero-order valence-electron chi connectivity index (χ0n) is 12.6. The van der Waals surface area contributed by atoms with E-state index in [2.05, 4.69) is 5.32 Å². The summed E-state index contributed by atoms with van der Waals surface area (Å²) in [5, 5.41) is 2.90. The minimum absolute atomic E-state index is 0.0452. The molecule has 1 aliphatic rings. The van der Waals surface area contributed by atoms with E-state index in [-0.39, 0.29) is 29.7 Å². The van der Waals surface area contributed by atoms with Crippen LogP contribution in [0.1, 0.15) is 44.2 Å². The Morgan fingerprint density at radius 1 is 1.52 bits per heavy atom. The fraction of sp³-hybridized carbons (Fsp3) is 0.562. The summed E-state index contributed by atoms with van der Waals surface area (Å²) >= 11 is 0. The van der Waals surface area contributed by atoms with E-state index in [1.165, 1.54) is 19.2 Å². The largest absolute Gasteiger partial charge is 0.496 e. The SMILES string of the molecule is COc1ccc(F)cc1C(C)NC(=O)C[C@@H]1CCC[C@H]1N. The molecular weight excluding hydrogens is 271 g/mol. The molecule has 0 aliphatic heterocycles. The van der Waals surface area contributed by atoms with Gasteiger partial charge in [0.1, 0.15) is 11.6 Å². The zero-order chi connectivity index (χ0) is 15.4. The van der Waals surface area contributed by atoms with Crippen molar-refractivity contribution in [2.45, 2.75) is 44.7 Å². The maximum atomic E-state index is 13.4. The van der Waals surface area contributed by atoms with Crippen molar-refractivity contribution in [3.05, 3.63) is 29.6 Å². The molecule has 3 N–H and O–H groups in total. The topological polar surface area (TPSA) is 64.3 Å². The molecule has 0 bridgehead atoms. The molecular formula is C16H23FN2O2. The van der Waals surface area contributed by atoms with E-state index >= 15 is 0 Å². The smallest absolute Gasteiger partial charge is 0.220 e. The van der Waals surface area contributed by atoms with Gasteiger partial charge in [0.25, 0.3) is 0 Å². The molecule has 0 saturated heterocycles. The molecule has 5 heteroatoms. The summed E-state index contributed by atoms with van der Waals surface area (Å²) in [4.78, 5) is 12.1. The number of ether oxygens (including phenoxy) is 1. The van der Waals surface area contributed by atoms with Gasteiger partial charge in [-0.1, -0.05) is 6.42 Å². The maximum Gasteiger partial charge on any atom is 0.220 e. The lowest BCUT2D eigenvalue weighted by molar-refractivity contribution is -0.122. The summed E-state index contributed by atoms with van der Waals surface area (Å²) in [5.74, 6) is 0.439. The Labute approximate surface area is 124 Å². The third-order valence-corrected chi connectivity index (χ3v) is 4.20. The molecule has 21 heavy (non-hydrogen) atoms. The molecule has 1 saturated carbocycles. The van der Waals surface area contributed by atoms with E-state index in [9.17, 15) is 9.18 Å². The van der Waals surface area contributed by atoms with Gasteiger partial charge in [-0.05, 0) is 43.9 Å². The van der Waals surface area contributed by atoms with Gasteiger partial charge in [-0.25, -0.2) is 4.39 Å². The van der Waals surface area contributed by atoms with Crippen LogP contribution in [0.15, 0.2) is 18.2 Å². The molecule has 1 aromatic carbocycles. The van der Waals surface area contributed by atoms with Crippen LogP contribution < -0.4 is 15.8 Å². The molecule has 1 aromatic rings. The van der Waals surface area contributed by atoms with E-state index in [4.69, 9.17) is 10.5 Å². The van der Waals surface area contributed by atoms with Crippen LogP contribution in [0.5, 0.6) is 5.75 Å². The fourth-order valence-corrected chi connectivity index (χ4v) is 2.98. The maximum absolute atomic E-state index is 13.4. The highest BCUT2D eigenvalue weighted by Gasteiger charge is 2.26. The molecule has 116 valence electrons. The third-order valence-electron chi connectivity index (χ3n) is 4.20. The number of carbonyl (C=O) groups is 1. The first kappa shape index (κ1) is 15.8. The lowest BCUT2D eigenvalue weighted by Gasteiger charge is -2.20. The van der Waals surface area contributed by atoms with Gasteiger partial charge in [-0.3, -0.25) is 4.79 Å². The highest BCUT2D eigenvalue weighted by molar-refractivity contribution is 5.77. The summed E-state index contributed by atoms with van der Waals surface area (Å²) in [6, 6.07) is 4.12. The van der Waals surface area contributed by atoms with Crippen LogP contribution in [-0.2, 0) is 4.79 Å². The average Bonchev–Trinajstić information content (AvgIpc) is 2.84. The first-order valence-corrected chi connectivity index (χ1v) is 7.39. The Kier molecular flexibility index (Phi) is 5.17. The van der Waals surface area contributed by atoms with E-state index in [0.717, 1.165) is 19.3 Å². The Bertz CT molecular complexity index is 507. The second kappa shape index (κ2) is 6.89. The molecule has 1 fully saturated rings. The van der Waals surface area contributed by atoms with Crippen molar-refractivity contribution in [2.75, 3.05) is 7.11 Å². The van der Waals surface area contributed by atoms with Gasteiger partial charge in [-0.15, -0.1) is 0 Å². The van der Waals surface area contributed by atoms with Crippen LogP contribution in [0.3, 0.4) is 0 Å². The number of benzene rings is 1. The normalized spacial score (nSPS) is 22.9. The first-order valence-electron chi connectivity index (χ1n) is 7.39. The summed E-state index contributed by atoms with van der Waals surface area (Å²) in [5.41, 5.74) is 6.63. The first-order chi connectivity index (χ1) is 10.0. The second-order valence-electron chi connectivity index (χ2n) is 5.73. The van der Waals surface area contributed by atoms with Crippen molar-refractivity contribution < 1.29 is 13.9 Å². The zero-order valence-corrected chi connectivity index (χ0v) is 12.6. The Morgan fingerprint density at radius 3 is 2.90 bits per heavy atom. The second-order valence-corrected chi connectivity index (χ2v) is 5.73. The van der Waals surface area contributed by atoms with Gasteiger partial charge in [0.2, 0.25) is 5.91 Å². The van der Waals surface area contributed by atoms with E-state index in [0.29, 0.717) is 17.7 Å². The minimum Gasteiger partial charge on any atom is -0.496 e. The van der Waals surface area contributed by atoms with Crippen molar-refractivity contribution >= 4 is 5.91 Å². The Balaban J connectivity index is 1.98. The molecule has 0 spiro atoms. The summed E-state index contributed by atoms with van der Waals surface area (Å²) in [6.45, 7) is 1.82. The third kappa shape index (κ3) is 3.94. The monoisotopic (exact) mass is 294 g/mol. The van der Waals surface area contributed by atoms with Gasteiger partial charge >= 0.3 is 0 Å². The molecule has 3 atom stereocenters. The lowest BCUT2D eigenvalue weighted by atomic mass is 9.99. The number of amides is 1. The number of nitrogens with one attached hydrogen (secondary N) is 1. The fourth-order valence-electron chi connectivity index (χ4n) is 2.98. The van der Waals surface area contributed by atoms with E-state index < -0.39 is 0 Å². The van der Waals surface area contributed by atoms with Crippen LogP contribution in [-0.4, -0.2) is 19.1 Å². The van der Waals surface area contributed by atoms with Crippen molar-refractivity contribution in [1.29, 1.82) is 0 Å². The van der Waals surface area contributed by atoms with Crippen LogP contribution in [0, 0.1) is 11.7 Å². The van der Waals surface area contributed by atoms with Crippen LogP contribution in [0.25, 0.3) is 0 Å². The molecule has 0 aromatic heterocycles.